The van der Waals surface area contributed by atoms with E-state index in [0.717, 1.165) is 11.4 Å². The SMILES string of the molecule is CSCCC(NC(=O)c1cc(C(C)(C)C)[nH]n1)c1cc(=O)[nH]c(-c2cccnc2)n1. The van der Waals surface area contributed by atoms with Crippen molar-refractivity contribution in [1.82, 2.24) is 30.5 Å². The fourth-order valence-electron chi connectivity index (χ4n) is 2.88. The lowest BCUT2D eigenvalue weighted by Gasteiger charge is -2.18. The molecule has 3 aromatic rings. The van der Waals surface area contributed by atoms with Gasteiger partial charge in [-0.05, 0) is 36.6 Å². The van der Waals surface area contributed by atoms with Gasteiger partial charge in [-0.3, -0.25) is 19.7 Å². The molecule has 0 aliphatic heterocycles. The van der Waals surface area contributed by atoms with Crippen molar-refractivity contribution in [2.24, 2.45) is 0 Å². The molecule has 3 N–H and O–H groups in total. The lowest BCUT2D eigenvalue weighted by Crippen LogP contribution is -2.31. The molecule has 0 bridgehead atoms. The molecule has 0 fully saturated rings. The maximum Gasteiger partial charge on any atom is 0.272 e. The molecule has 0 saturated carbocycles. The van der Waals surface area contributed by atoms with Crippen molar-refractivity contribution in [1.29, 1.82) is 0 Å². The van der Waals surface area contributed by atoms with Gasteiger partial charge in [0, 0.05) is 35.1 Å². The third-order valence-electron chi connectivity index (χ3n) is 4.59. The minimum Gasteiger partial charge on any atom is -0.342 e. The van der Waals surface area contributed by atoms with Gasteiger partial charge in [0.1, 0.15) is 11.5 Å². The van der Waals surface area contributed by atoms with E-state index in [2.05, 4.69) is 30.5 Å². The normalized spacial score (nSPS) is 12.5. The van der Waals surface area contributed by atoms with E-state index in [0.29, 0.717) is 29.2 Å². The smallest absolute Gasteiger partial charge is 0.272 e. The number of hydrogen-bond acceptors (Lipinski definition) is 6. The van der Waals surface area contributed by atoms with Gasteiger partial charge in [-0.1, -0.05) is 20.8 Å². The van der Waals surface area contributed by atoms with Crippen LogP contribution >= 0.6 is 11.8 Å². The molecule has 1 atom stereocenters. The Bertz CT molecular complexity index is 1060. The lowest BCUT2D eigenvalue weighted by molar-refractivity contribution is 0.0930. The number of H-pyrrole nitrogens is 2. The van der Waals surface area contributed by atoms with Crippen molar-refractivity contribution < 1.29 is 4.79 Å². The summed E-state index contributed by atoms with van der Waals surface area (Å²) in [6.07, 6.45) is 5.92. The lowest BCUT2D eigenvalue weighted by atomic mass is 9.92. The molecule has 0 aliphatic carbocycles. The first-order chi connectivity index (χ1) is 14.3. The average molecular weight is 427 g/mol. The Kier molecular flexibility index (Phi) is 6.71. The summed E-state index contributed by atoms with van der Waals surface area (Å²) in [7, 11) is 0. The minimum absolute atomic E-state index is 0.142. The summed E-state index contributed by atoms with van der Waals surface area (Å²) in [5.74, 6) is 0.914. The van der Waals surface area contributed by atoms with Crippen molar-refractivity contribution in [3.05, 3.63) is 64.1 Å². The van der Waals surface area contributed by atoms with E-state index in [9.17, 15) is 9.59 Å². The Hall–Kier alpha value is -2.94. The van der Waals surface area contributed by atoms with Crippen LogP contribution in [-0.2, 0) is 5.41 Å². The Balaban J connectivity index is 1.89. The predicted octanol–water partition coefficient (Wildman–Crippen LogP) is 3.08. The van der Waals surface area contributed by atoms with E-state index in [1.165, 1.54) is 6.07 Å². The summed E-state index contributed by atoms with van der Waals surface area (Å²) in [6, 6.07) is 6.36. The molecule has 0 radical (unpaired) electrons. The van der Waals surface area contributed by atoms with Crippen molar-refractivity contribution in [3.63, 3.8) is 0 Å². The van der Waals surface area contributed by atoms with Crippen LogP contribution in [0.1, 0.15) is 55.1 Å². The highest BCUT2D eigenvalue weighted by Crippen LogP contribution is 2.22. The van der Waals surface area contributed by atoms with Crippen LogP contribution in [0.5, 0.6) is 0 Å². The molecule has 0 aromatic carbocycles. The van der Waals surface area contributed by atoms with Crippen LogP contribution in [0.4, 0.5) is 0 Å². The fraction of sp³-hybridized carbons (Fsp3) is 0.381. The maximum atomic E-state index is 12.8. The van der Waals surface area contributed by atoms with Gasteiger partial charge in [0.05, 0.1) is 11.7 Å². The van der Waals surface area contributed by atoms with Gasteiger partial charge in [0.2, 0.25) is 0 Å². The number of pyridine rings is 1. The summed E-state index contributed by atoms with van der Waals surface area (Å²) in [5.41, 5.74) is 1.97. The van der Waals surface area contributed by atoms with Crippen LogP contribution in [0.3, 0.4) is 0 Å². The summed E-state index contributed by atoms with van der Waals surface area (Å²) in [5, 5.41) is 10.1. The van der Waals surface area contributed by atoms with E-state index < -0.39 is 6.04 Å². The first kappa shape index (κ1) is 21.8. The Morgan fingerprint density at radius 3 is 2.73 bits per heavy atom. The van der Waals surface area contributed by atoms with E-state index in [1.807, 2.05) is 33.1 Å². The van der Waals surface area contributed by atoms with Crippen LogP contribution in [0.25, 0.3) is 11.4 Å². The number of aromatic nitrogens is 5. The van der Waals surface area contributed by atoms with Crippen LogP contribution in [0, 0.1) is 0 Å². The monoisotopic (exact) mass is 426 g/mol. The number of amides is 1. The van der Waals surface area contributed by atoms with Gasteiger partial charge < -0.3 is 10.3 Å². The van der Waals surface area contributed by atoms with E-state index in [4.69, 9.17) is 0 Å². The molecule has 158 valence electrons. The summed E-state index contributed by atoms with van der Waals surface area (Å²) < 4.78 is 0. The van der Waals surface area contributed by atoms with Gasteiger partial charge in [0.15, 0.2) is 0 Å². The van der Waals surface area contributed by atoms with Crippen LogP contribution in [0.2, 0.25) is 0 Å². The summed E-state index contributed by atoms with van der Waals surface area (Å²) in [6.45, 7) is 6.14. The Morgan fingerprint density at radius 1 is 1.30 bits per heavy atom. The number of nitrogens with zero attached hydrogens (tertiary/aromatic N) is 3. The fourth-order valence-corrected chi connectivity index (χ4v) is 3.35. The first-order valence-corrected chi connectivity index (χ1v) is 11.0. The molecule has 0 saturated heterocycles. The molecule has 9 heteroatoms. The van der Waals surface area contributed by atoms with Crippen molar-refractivity contribution >= 4 is 17.7 Å². The van der Waals surface area contributed by atoms with Gasteiger partial charge in [-0.15, -0.1) is 0 Å². The van der Waals surface area contributed by atoms with E-state index in [1.54, 1.807) is 36.3 Å². The maximum absolute atomic E-state index is 12.8. The quantitative estimate of drug-likeness (QED) is 0.535. The molecule has 3 rings (SSSR count). The summed E-state index contributed by atoms with van der Waals surface area (Å²) >= 11 is 1.66. The largest absolute Gasteiger partial charge is 0.342 e. The molecule has 0 aliphatic rings. The number of thioether (sulfide) groups is 1. The number of hydrogen-bond donors (Lipinski definition) is 3. The third kappa shape index (κ3) is 5.35. The number of rotatable bonds is 7. The highest BCUT2D eigenvalue weighted by molar-refractivity contribution is 7.98. The molecule has 8 nitrogen and oxygen atoms in total. The number of nitrogens with one attached hydrogen (secondary N) is 3. The van der Waals surface area contributed by atoms with Crippen LogP contribution < -0.4 is 10.9 Å². The highest BCUT2D eigenvalue weighted by atomic mass is 32.2. The zero-order valence-corrected chi connectivity index (χ0v) is 18.3. The van der Waals surface area contributed by atoms with E-state index >= 15 is 0 Å². The van der Waals surface area contributed by atoms with Crippen LogP contribution in [-0.4, -0.2) is 43.1 Å². The third-order valence-corrected chi connectivity index (χ3v) is 5.23. The average Bonchev–Trinajstić information content (AvgIpc) is 3.22. The van der Waals surface area contributed by atoms with Crippen molar-refractivity contribution in [2.75, 3.05) is 12.0 Å². The second-order valence-corrected chi connectivity index (χ2v) is 8.97. The van der Waals surface area contributed by atoms with E-state index in [-0.39, 0.29) is 16.9 Å². The first-order valence-electron chi connectivity index (χ1n) is 9.65. The zero-order chi connectivity index (χ0) is 21.7. The molecular weight excluding hydrogens is 400 g/mol. The molecular formula is C21H26N6O2S. The molecule has 1 amide bonds. The van der Waals surface area contributed by atoms with Crippen LogP contribution in [0.15, 0.2) is 41.5 Å². The molecule has 0 spiro atoms. The van der Waals surface area contributed by atoms with Gasteiger partial charge >= 0.3 is 0 Å². The predicted molar refractivity (Wildman–Crippen MR) is 119 cm³/mol. The second kappa shape index (κ2) is 9.25. The number of carbonyl (C=O) groups is 1. The topological polar surface area (TPSA) is 116 Å². The van der Waals surface area contributed by atoms with Crippen molar-refractivity contribution in [3.8, 4) is 11.4 Å². The number of aromatic amines is 2. The molecule has 1 unspecified atom stereocenters. The number of carbonyl (C=O) groups excluding carboxylic acids is 1. The Labute approximate surface area is 179 Å². The zero-order valence-electron chi connectivity index (χ0n) is 17.5. The van der Waals surface area contributed by atoms with Gasteiger partial charge in [-0.2, -0.15) is 16.9 Å². The van der Waals surface area contributed by atoms with Crippen molar-refractivity contribution in [2.45, 2.75) is 38.6 Å². The van der Waals surface area contributed by atoms with Gasteiger partial charge in [-0.25, -0.2) is 4.98 Å². The van der Waals surface area contributed by atoms with Gasteiger partial charge in [0.25, 0.3) is 11.5 Å². The molecule has 30 heavy (non-hydrogen) atoms. The molecule has 3 heterocycles. The second-order valence-electron chi connectivity index (χ2n) is 7.98. The standard InChI is InChI=1S/C21H26N6O2S/c1-21(2,3)17-10-16(26-27-17)20(29)24-14(7-9-30-4)15-11-18(28)25-19(23-15)13-6-5-8-22-12-13/h5-6,8,10-12,14H,7,9H2,1-4H3,(H,24,29)(H,26,27)(H,23,25,28). The molecule has 3 aromatic heterocycles. The Morgan fingerprint density at radius 2 is 2.10 bits per heavy atom. The minimum atomic E-state index is -0.419. The summed E-state index contributed by atoms with van der Waals surface area (Å²) in [4.78, 5) is 36.5. The highest BCUT2D eigenvalue weighted by Gasteiger charge is 2.23.